The van der Waals surface area contributed by atoms with Crippen molar-refractivity contribution in [1.29, 1.82) is 0 Å². The van der Waals surface area contributed by atoms with Crippen molar-refractivity contribution in [3.05, 3.63) is 88.0 Å². The van der Waals surface area contributed by atoms with Gasteiger partial charge in [0.1, 0.15) is 0 Å². The van der Waals surface area contributed by atoms with Crippen LogP contribution in [0.4, 0.5) is 17.1 Å². The van der Waals surface area contributed by atoms with Gasteiger partial charge in [0, 0.05) is 47.9 Å². The third-order valence-electron chi connectivity index (χ3n) is 5.80. The van der Waals surface area contributed by atoms with Crippen LogP contribution in [-0.2, 0) is 4.79 Å². The van der Waals surface area contributed by atoms with Gasteiger partial charge in [0.2, 0.25) is 5.91 Å². The number of carbonyl (C=O) groups excluding carboxylic acids is 1. The van der Waals surface area contributed by atoms with Gasteiger partial charge in [-0.05, 0) is 29.8 Å². The largest absolute Gasteiger partial charge is 0.343 e. The van der Waals surface area contributed by atoms with Crippen LogP contribution in [0.25, 0.3) is 0 Å². The van der Waals surface area contributed by atoms with Gasteiger partial charge in [0.25, 0.3) is 5.69 Å². The number of anilines is 2. The Morgan fingerprint density at radius 3 is 2.62 bits per heavy atom. The van der Waals surface area contributed by atoms with E-state index in [-0.39, 0.29) is 17.6 Å². The highest BCUT2D eigenvalue weighted by Crippen LogP contribution is 2.48. The summed E-state index contributed by atoms with van der Waals surface area (Å²) in [5.74, 6) is -0.164. The molecule has 5 rings (SSSR count). The van der Waals surface area contributed by atoms with Crippen LogP contribution in [0.2, 0.25) is 0 Å². The number of fused-ring (bicyclic) bond motifs is 2. The van der Waals surface area contributed by atoms with E-state index in [0.717, 1.165) is 16.1 Å². The molecule has 1 amide bonds. The molecule has 2 aliphatic heterocycles. The third kappa shape index (κ3) is 3.42. The van der Waals surface area contributed by atoms with E-state index < -0.39 is 4.92 Å². The number of para-hydroxylation sites is 1. The van der Waals surface area contributed by atoms with Gasteiger partial charge in [-0.15, -0.1) is 0 Å². The topological polar surface area (TPSA) is 79.0 Å². The molecule has 0 saturated heterocycles. The number of non-ortho nitro benzene ring substituents is 1. The number of hydrogen-bond acceptors (Lipinski definition) is 6. The maximum atomic E-state index is 12.4. The summed E-state index contributed by atoms with van der Waals surface area (Å²) in [6.45, 7) is 1.49. The van der Waals surface area contributed by atoms with E-state index in [1.54, 1.807) is 23.9 Å². The molecule has 2 aliphatic rings. The van der Waals surface area contributed by atoms with Crippen LogP contribution in [0.3, 0.4) is 0 Å². The van der Waals surface area contributed by atoms with E-state index in [9.17, 15) is 14.9 Å². The molecule has 1 atom stereocenters. The minimum Gasteiger partial charge on any atom is -0.343 e. The number of nitrogens with zero attached hydrogens (tertiary/aromatic N) is 4. The Morgan fingerprint density at radius 1 is 1.06 bits per heavy atom. The zero-order valence-corrected chi connectivity index (χ0v) is 18.4. The molecule has 0 bridgehead atoms. The monoisotopic (exact) mass is 444 g/mol. The lowest BCUT2D eigenvalue weighted by Crippen LogP contribution is -2.24. The van der Waals surface area contributed by atoms with Crippen LogP contribution in [0.5, 0.6) is 0 Å². The van der Waals surface area contributed by atoms with E-state index in [1.165, 1.54) is 34.6 Å². The lowest BCUT2D eigenvalue weighted by Gasteiger charge is -2.30. The van der Waals surface area contributed by atoms with E-state index in [4.69, 9.17) is 0 Å². The van der Waals surface area contributed by atoms with Crippen LogP contribution in [0.15, 0.2) is 81.6 Å². The van der Waals surface area contributed by atoms with Gasteiger partial charge in [0.05, 0.1) is 28.1 Å². The zero-order chi connectivity index (χ0) is 22.4. The van der Waals surface area contributed by atoms with Gasteiger partial charge in [0.15, 0.2) is 0 Å². The number of hydrazone groups is 1. The molecule has 0 aliphatic carbocycles. The van der Waals surface area contributed by atoms with Crippen molar-refractivity contribution in [2.75, 3.05) is 11.9 Å². The second-order valence-corrected chi connectivity index (χ2v) is 8.88. The second-order valence-electron chi connectivity index (χ2n) is 7.79. The molecule has 32 heavy (non-hydrogen) atoms. The molecule has 3 aromatic rings. The maximum Gasteiger partial charge on any atom is 0.270 e. The fourth-order valence-electron chi connectivity index (χ4n) is 4.20. The maximum absolute atomic E-state index is 12.4. The average molecular weight is 445 g/mol. The van der Waals surface area contributed by atoms with E-state index in [0.29, 0.717) is 17.7 Å². The number of benzene rings is 3. The van der Waals surface area contributed by atoms with Crippen LogP contribution in [0, 0.1) is 10.1 Å². The van der Waals surface area contributed by atoms with E-state index >= 15 is 0 Å². The smallest absolute Gasteiger partial charge is 0.270 e. The zero-order valence-electron chi connectivity index (χ0n) is 17.6. The van der Waals surface area contributed by atoms with Crippen molar-refractivity contribution in [3.63, 3.8) is 0 Å². The van der Waals surface area contributed by atoms with Gasteiger partial charge in [-0.2, -0.15) is 5.10 Å². The molecule has 0 N–H and O–H groups in total. The summed E-state index contributed by atoms with van der Waals surface area (Å²) >= 11 is 1.71. The highest BCUT2D eigenvalue weighted by atomic mass is 32.2. The summed E-state index contributed by atoms with van der Waals surface area (Å²) in [6.07, 6.45) is 0.497. The third-order valence-corrected chi connectivity index (χ3v) is 6.91. The van der Waals surface area contributed by atoms with Gasteiger partial charge in [-0.1, -0.05) is 42.1 Å². The Kier molecular flexibility index (Phi) is 4.94. The summed E-state index contributed by atoms with van der Waals surface area (Å²) in [4.78, 5) is 27.6. The second kappa shape index (κ2) is 7.80. The molecule has 8 heteroatoms. The first-order valence-corrected chi connectivity index (χ1v) is 11.0. The van der Waals surface area contributed by atoms with Crippen LogP contribution >= 0.6 is 11.8 Å². The predicted molar refractivity (Wildman–Crippen MR) is 125 cm³/mol. The fraction of sp³-hybridized carbons (Fsp3) is 0.167. The molecule has 0 aromatic heterocycles. The Labute approximate surface area is 189 Å². The first-order chi connectivity index (χ1) is 15.4. The van der Waals surface area contributed by atoms with Gasteiger partial charge < -0.3 is 4.90 Å². The molecule has 1 unspecified atom stereocenters. The number of rotatable bonds is 3. The number of nitro groups is 1. The summed E-state index contributed by atoms with van der Waals surface area (Å²) in [6, 6.07) is 20.7. The number of hydrogen-bond donors (Lipinski definition) is 0. The molecule has 0 spiro atoms. The molecular weight excluding hydrogens is 424 g/mol. The summed E-state index contributed by atoms with van der Waals surface area (Å²) < 4.78 is 0. The standard InChI is InChI=1S/C24H20N4O3S/c1-15(29)27-22(14-19(25-27)16-6-5-7-18(12-16)28(30)31)17-10-11-21-24(13-17)32-23-9-4-3-8-20(23)26(21)2/h3-13,22H,14H2,1-2H3. The van der Waals surface area contributed by atoms with Crippen molar-refractivity contribution in [3.8, 4) is 0 Å². The quantitative estimate of drug-likeness (QED) is 0.392. The molecule has 0 radical (unpaired) electrons. The van der Waals surface area contributed by atoms with E-state index in [1.807, 2.05) is 18.2 Å². The Hall–Kier alpha value is -3.65. The van der Waals surface area contributed by atoms with Crippen LogP contribution < -0.4 is 4.90 Å². The summed E-state index contributed by atoms with van der Waals surface area (Å²) in [5, 5.41) is 17.2. The van der Waals surface area contributed by atoms with Crippen LogP contribution in [-0.4, -0.2) is 28.6 Å². The predicted octanol–water partition coefficient (Wildman–Crippen LogP) is 5.52. The van der Waals surface area contributed by atoms with Gasteiger partial charge in [-0.25, -0.2) is 5.01 Å². The molecule has 0 saturated carbocycles. The average Bonchev–Trinajstić information content (AvgIpc) is 3.25. The molecule has 0 fully saturated rings. The summed E-state index contributed by atoms with van der Waals surface area (Å²) in [5.41, 5.74) is 4.61. The number of nitro benzene ring substituents is 1. The minimum absolute atomic E-state index is 0.00917. The Bertz CT molecular complexity index is 1290. The first-order valence-electron chi connectivity index (χ1n) is 10.2. The lowest BCUT2D eigenvalue weighted by atomic mass is 9.97. The molecule has 2 heterocycles. The fourth-order valence-corrected chi connectivity index (χ4v) is 5.40. The Morgan fingerprint density at radius 2 is 1.84 bits per heavy atom. The SMILES string of the molecule is CC(=O)N1N=C(c2cccc([N+](=O)[O-])c2)CC1c1ccc2c(c1)Sc1ccccc1N2C. The number of amides is 1. The summed E-state index contributed by atoms with van der Waals surface area (Å²) in [7, 11) is 2.05. The van der Waals surface area contributed by atoms with Crippen molar-refractivity contribution < 1.29 is 9.72 Å². The van der Waals surface area contributed by atoms with Gasteiger partial charge in [-0.3, -0.25) is 14.9 Å². The first kappa shape index (κ1) is 20.3. The lowest BCUT2D eigenvalue weighted by molar-refractivity contribution is -0.384. The minimum atomic E-state index is -0.422. The van der Waals surface area contributed by atoms with Gasteiger partial charge >= 0.3 is 0 Å². The highest BCUT2D eigenvalue weighted by Gasteiger charge is 2.33. The van der Waals surface area contributed by atoms with Crippen molar-refractivity contribution in [2.24, 2.45) is 5.10 Å². The van der Waals surface area contributed by atoms with Crippen molar-refractivity contribution >= 4 is 40.4 Å². The molecule has 3 aromatic carbocycles. The molecular formula is C24H20N4O3S. The highest BCUT2D eigenvalue weighted by molar-refractivity contribution is 7.99. The Balaban J connectivity index is 1.49. The van der Waals surface area contributed by atoms with Crippen LogP contribution in [0.1, 0.15) is 30.5 Å². The van der Waals surface area contributed by atoms with Crippen molar-refractivity contribution in [1.82, 2.24) is 5.01 Å². The normalized spacial score (nSPS) is 16.9. The molecule has 160 valence electrons. The van der Waals surface area contributed by atoms with E-state index in [2.05, 4.69) is 41.3 Å². The molecule has 7 nitrogen and oxygen atoms in total. The number of carbonyl (C=O) groups is 1. The van der Waals surface area contributed by atoms with Crippen molar-refractivity contribution in [2.45, 2.75) is 29.2 Å².